The Balaban J connectivity index is 1.86. The number of hydrogen-bond acceptors (Lipinski definition) is 2. The van der Waals surface area contributed by atoms with Gasteiger partial charge in [0.2, 0.25) is 0 Å². The maximum atomic E-state index is 11.4. The molecule has 2 nitrogen and oxygen atoms in total. The van der Waals surface area contributed by atoms with Gasteiger partial charge in [-0.3, -0.25) is 4.79 Å². The van der Waals surface area contributed by atoms with E-state index in [1.807, 2.05) is 25.1 Å². The topological polar surface area (TPSA) is 26.3 Å². The molecule has 0 spiro atoms. The lowest BCUT2D eigenvalue weighted by Gasteiger charge is -2.33. The monoisotopic (exact) mass is 204 g/mol. The van der Waals surface area contributed by atoms with E-state index in [0.29, 0.717) is 12.5 Å². The first kappa shape index (κ1) is 10.2. The van der Waals surface area contributed by atoms with Crippen LogP contribution in [-0.2, 0) is 9.53 Å². The summed E-state index contributed by atoms with van der Waals surface area (Å²) < 4.78 is 4.99. The highest BCUT2D eigenvalue weighted by Crippen LogP contribution is 2.41. The zero-order valence-electron chi connectivity index (χ0n) is 8.98. The zero-order chi connectivity index (χ0) is 10.7. The molecule has 0 N–H and O–H groups in total. The Morgan fingerprint density at radius 1 is 1.33 bits per heavy atom. The van der Waals surface area contributed by atoms with E-state index in [9.17, 15) is 4.79 Å². The summed E-state index contributed by atoms with van der Waals surface area (Å²) in [6, 6.07) is 10.4. The normalized spacial score (nSPS) is 24.3. The van der Waals surface area contributed by atoms with Crippen LogP contribution in [0.25, 0.3) is 0 Å². The standard InChI is InChI=1S/C13H16O2/c1-2-15-13(14)12-8-11(9-12)10-6-4-3-5-7-10/h3-7,11-12H,2,8-9H2,1H3/t11-,12+. The van der Waals surface area contributed by atoms with E-state index >= 15 is 0 Å². The van der Waals surface area contributed by atoms with Crippen molar-refractivity contribution in [1.82, 2.24) is 0 Å². The Labute approximate surface area is 90.3 Å². The summed E-state index contributed by atoms with van der Waals surface area (Å²) in [4.78, 5) is 11.4. The second-order valence-corrected chi connectivity index (χ2v) is 4.03. The molecule has 0 unspecified atom stereocenters. The fourth-order valence-electron chi connectivity index (χ4n) is 2.07. The summed E-state index contributed by atoms with van der Waals surface area (Å²) >= 11 is 0. The molecule has 1 aromatic carbocycles. The molecule has 15 heavy (non-hydrogen) atoms. The van der Waals surface area contributed by atoms with Crippen LogP contribution in [0.2, 0.25) is 0 Å². The van der Waals surface area contributed by atoms with Gasteiger partial charge in [0.15, 0.2) is 0 Å². The second kappa shape index (κ2) is 4.47. The summed E-state index contributed by atoms with van der Waals surface area (Å²) in [5.74, 6) is 0.667. The minimum absolute atomic E-state index is 0.0234. The van der Waals surface area contributed by atoms with E-state index in [0.717, 1.165) is 12.8 Å². The molecule has 80 valence electrons. The summed E-state index contributed by atoms with van der Waals surface area (Å²) in [6.07, 6.45) is 1.89. The van der Waals surface area contributed by atoms with Gasteiger partial charge in [-0.25, -0.2) is 0 Å². The van der Waals surface area contributed by atoms with Gasteiger partial charge in [0.25, 0.3) is 0 Å². The SMILES string of the molecule is CCOC(=O)[C@H]1C[C@@H](c2ccccc2)C1. The van der Waals surface area contributed by atoms with Gasteiger partial charge in [-0.1, -0.05) is 30.3 Å². The van der Waals surface area contributed by atoms with Crippen LogP contribution in [0.5, 0.6) is 0 Å². The largest absolute Gasteiger partial charge is 0.466 e. The molecule has 0 aliphatic heterocycles. The Hall–Kier alpha value is -1.31. The van der Waals surface area contributed by atoms with Gasteiger partial charge in [0.05, 0.1) is 12.5 Å². The van der Waals surface area contributed by atoms with Crippen molar-refractivity contribution in [3.8, 4) is 0 Å². The first-order valence-electron chi connectivity index (χ1n) is 5.53. The highest BCUT2D eigenvalue weighted by molar-refractivity contribution is 5.73. The van der Waals surface area contributed by atoms with Crippen molar-refractivity contribution in [2.75, 3.05) is 6.61 Å². The Morgan fingerprint density at radius 3 is 2.60 bits per heavy atom. The molecule has 0 atom stereocenters. The smallest absolute Gasteiger partial charge is 0.308 e. The highest BCUT2D eigenvalue weighted by atomic mass is 16.5. The average Bonchev–Trinajstić information content (AvgIpc) is 2.17. The van der Waals surface area contributed by atoms with Crippen molar-refractivity contribution in [3.05, 3.63) is 35.9 Å². The Morgan fingerprint density at radius 2 is 2.00 bits per heavy atom. The fraction of sp³-hybridized carbons (Fsp3) is 0.462. The van der Waals surface area contributed by atoms with Crippen LogP contribution in [0.1, 0.15) is 31.2 Å². The summed E-state index contributed by atoms with van der Waals surface area (Å²) in [5.41, 5.74) is 1.35. The van der Waals surface area contributed by atoms with Crippen molar-refractivity contribution < 1.29 is 9.53 Å². The number of hydrogen-bond donors (Lipinski definition) is 0. The van der Waals surface area contributed by atoms with Crippen LogP contribution in [0, 0.1) is 5.92 Å². The molecule has 0 saturated heterocycles. The second-order valence-electron chi connectivity index (χ2n) is 4.03. The first-order valence-corrected chi connectivity index (χ1v) is 5.53. The van der Waals surface area contributed by atoms with Gasteiger partial charge in [-0.05, 0) is 31.2 Å². The van der Waals surface area contributed by atoms with Crippen LogP contribution in [-0.4, -0.2) is 12.6 Å². The molecule has 1 saturated carbocycles. The van der Waals surface area contributed by atoms with Crippen molar-refractivity contribution in [2.24, 2.45) is 5.92 Å². The van der Waals surface area contributed by atoms with Gasteiger partial charge >= 0.3 is 5.97 Å². The van der Waals surface area contributed by atoms with Gasteiger partial charge in [0, 0.05) is 0 Å². The van der Waals surface area contributed by atoms with E-state index in [4.69, 9.17) is 4.74 Å². The molecular weight excluding hydrogens is 188 g/mol. The Kier molecular flexibility index (Phi) is 3.05. The van der Waals surface area contributed by atoms with Crippen LogP contribution < -0.4 is 0 Å². The molecule has 0 amide bonds. The number of carbonyl (C=O) groups excluding carboxylic acids is 1. The van der Waals surface area contributed by atoms with Crippen molar-refractivity contribution in [1.29, 1.82) is 0 Å². The van der Waals surface area contributed by atoms with Crippen molar-refractivity contribution in [2.45, 2.75) is 25.7 Å². The van der Waals surface area contributed by atoms with E-state index in [1.54, 1.807) is 0 Å². The minimum Gasteiger partial charge on any atom is -0.466 e. The van der Waals surface area contributed by atoms with Crippen LogP contribution in [0.4, 0.5) is 0 Å². The van der Waals surface area contributed by atoms with Crippen LogP contribution >= 0.6 is 0 Å². The number of carbonyl (C=O) groups is 1. The molecule has 2 heteroatoms. The molecule has 1 fully saturated rings. The first-order chi connectivity index (χ1) is 7.31. The molecule has 0 aromatic heterocycles. The molecule has 0 heterocycles. The summed E-state index contributed by atoms with van der Waals surface area (Å²) in [6.45, 7) is 2.34. The third-order valence-corrected chi connectivity index (χ3v) is 3.03. The molecule has 0 bridgehead atoms. The van der Waals surface area contributed by atoms with E-state index in [1.165, 1.54) is 5.56 Å². The van der Waals surface area contributed by atoms with E-state index < -0.39 is 0 Å². The molecule has 2 rings (SSSR count). The summed E-state index contributed by atoms with van der Waals surface area (Å²) in [5, 5.41) is 0. The zero-order valence-corrected chi connectivity index (χ0v) is 8.98. The fourth-order valence-corrected chi connectivity index (χ4v) is 2.07. The molecule has 1 aromatic rings. The maximum absolute atomic E-state index is 11.4. The van der Waals surface area contributed by atoms with Gasteiger partial charge < -0.3 is 4.74 Å². The van der Waals surface area contributed by atoms with Gasteiger partial charge in [-0.15, -0.1) is 0 Å². The Bertz CT molecular complexity index is 326. The van der Waals surface area contributed by atoms with E-state index in [-0.39, 0.29) is 11.9 Å². The molecule has 1 aliphatic rings. The van der Waals surface area contributed by atoms with Crippen molar-refractivity contribution in [3.63, 3.8) is 0 Å². The average molecular weight is 204 g/mol. The molecular formula is C13H16O2. The number of ether oxygens (including phenoxy) is 1. The summed E-state index contributed by atoms with van der Waals surface area (Å²) in [7, 11) is 0. The van der Waals surface area contributed by atoms with Crippen LogP contribution in [0.15, 0.2) is 30.3 Å². The van der Waals surface area contributed by atoms with Crippen LogP contribution in [0.3, 0.4) is 0 Å². The minimum atomic E-state index is -0.0234. The van der Waals surface area contributed by atoms with Crippen molar-refractivity contribution >= 4 is 5.97 Å². The number of rotatable bonds is 3. The predicted molar refractivity (Wildman–Crippen MR) is 58.5 cm³/mol. The quantitative estimate of drug-likeness (QED) is 0.708. The van der Waals surface area contributed by atoms with Gasteiger partial charge in [-0.2, -0.15) is 0 Å². The highest BCUT2D eigenvalue weighted by Gasteiger charge is 2.35. The lowest BCUT2D eigenvalue weighted by atomic mass is 9.71. The number of benzene rings is 1. The molecule has 1 aliphatic carbocycles. The number of esters is 1. The lowest BCUT2D eigenvalue weighted by Crippen LogP contribution is -2.30. The maximum Gasteiger partial charge on any atom is 0.308 e. The molecule has 0 radical (unpaired) electrons. The lowest BCUT2D eigenvalue weighted by molar-refractivity contribution is -0.151. The van der Waals surface area contributed by atoms with Gasteiger partial charge in [0.1, 0.15) is 0 Å². The third kappa shape index (κ3) is 2.20. The van der Waals surface area contributed by atoms with E-state index in [2.05, 4.69) is 12.1 Å². The third-order valence-electron chi connectivity index (χ3n) is 3.03. The predicted octanol–water partition coefficient (Wildman–Crippen LogP) is 2.74.